The zero-order valence-electron chi connectivity index (χ0n) is 10.5. The first kappa shape index (κ1) is 18.4. The maximum absolute atomic E-state index is 11.1. The molecule has 0 saturated carbocycles. The molecule has 0 aromatic heterocycles. The van der Waals surface area contributed by atoms with E-state index in [1.807, 2.05) is 0 Å². The molecule has 0 heterocycles. The summed E-state index contributed by atoms with van der Waals surface area (Å²) in [6.45, 7) is 0.844. The van der Waals surface area contributed by atoms with E-state index in [1.165, 1.54) is 0 Å². The highest BCUT2D eigenvalue weighted by Crippen LogP contribution is 2.00. The minimum Gasteiger partial charge on any atom is -0.466 e. The molecule has 0 saturated heterocycles. The van der Waals surface area contributed by atoms with E-state index >= 15 is 0 Å². The Morgan fingerprint density at radius 1 is 0.722 bits per heavy atom. The summed E-state index contributed by atoms with van der Waals surface area (Å²) in [5.41, 5.74) is 0. The Kier molecular flexibility index (Phi) is 14.1. The van der Waals surface area contributed by atoms with Gasteiger partial charge in [-0.1, -0.05) is 45.2 Å². The van der Waals surface area contributed by atoms with Crippen molar-refractivity contribution in [2.75, 3.05) is 22.1 Å². The second kappa shape index (κ2) is 13.8. The number of carbonyl (C=O) groups excluding carboxylic acids is 2. The fraction of sp³-hybridized carbons (Fsp3) is 0.833. The van der Waals surface area contributed by atoms with Crippen LogP contribution in [-0.2, 0) is 19.1 Å². The van der Waals surface area contributed by atoms with Crippen LogP contribution in [-0.4, -0.2) is 34.0 Å². The molecule has 0 rings (SSSR count). The van der Waals surface area contributed by atoms with E-state index in [4.69, 9.17) is 9.47 Å². The van der Waals surface area contributed by atoms with E-state index in [0.29, 0.717) is 26.1 Å². The van der Waals surface area contributed by atoms with Crippen LogP contribution in [0.2, 0.25) is 0 Å². The molecule has 0 amide bonds. The van der Waals surface area contributed by atoms with Gasteiger partial charge in [-0.2, -0.15) is 0 Å². The standard InChI is InChI=1S/C12H20I2O4/c13-7-3-5-11(15)17-9-1-2-10-18-12(16)6-4-8-14/h1-10H2. The van der Waals surface area contributed by atoms with Crippen molar-refractivity contribution >= 4 is 57.1 Å². The lowest BCUT2D eigenvalue weighted by molar-refractivity contribution is -0.146. The predicted molar refractivity (Wildman–Crippen MR) is 87.4 cm³/mol. The van der Waals surface area contributed by atoms with Crippen molar-refractivity contribution in [3.8, 4) is 0 Å². The van der Waals surface area contributed by atoms with Crippen molar-refractivity contribution in [1.82, 2.24) is 0 Å². The van der Waals surface area contributed by atoms with Crippen LogP contribution in [0.4, 0.5) is 0 Å². The topological polar surface area (TPSA) is 52.6 Å². The number of halogens is 2. The summed E-state index contributed by atoms with van der Waals surface area (Å²) in [6, 6.07) is 0. The molecule has 0 aliphatic carbocycles. The number of carbonyl (C=O) groups is 2. The zero-order valence-corrected chi connectivity index (χ0v) is 14.8. The van der Waals surface area contributed by atoms with Crippen LogP contribution in [0.3, 0.4) is 0 Å². The molecule has 0 aromatic carbocycles. The van der Waals surface area contributed by atoms with Crippen LogP contribution in [0.1, 0.15) is 38.5 Å². The monoisotopic (exact) mass is 482 g/mol. The molecule has 0 aliphatic rings. The predicted octanol–water partition coefficient (Wildman–Crippen LogP) is 3.28. The smallest absolute Gasteiger partial charge is 0.305 e. The number of hydrogen-bond acceptors (Lipinski definition) is 4. The molecule has 0 N–H and O–H groups in total. The third kappa shape index (κ3) is 12.8. The van der Waals surface area contributed by atoms with Gasteiger partial charge >= 0.3 is 11.9 Å². The van der Waals surface area contributed by atoms with Crippen LogP contribution < -0.4 is 0 Å². The van der Waals surface area contributed by atoms with Gasteiger partial charge in [0.05, 0.1) is 13.2 Å². The Labute approximate surface area is 136 Å². The Balaban J connectivity index is 3.25. The molecule has 0 aromatic rings. The van der Waals surface area contributed by atoms with Gasteiger partial charge in [0.1, 0.15) is 0 Å². The Morgan fingerprint density at radius 2 is 1.11 bits per heavy atom. The summed E-state index contributed by atoms with van der Waals surface area (Å²) in [6.07, 6.45) is 4.22. The first-order chi connectivity index (χ1) is 8.70. The van der Waals surface area contributed by atoms with Gasteiger partial charge in [-0.3, -0.25) is 9.59 Å². The minimum absolute atomic E-state index is 0.134. The third-order valence-electron chi connectivity index (χ3n) is 2.09. The summed E-state index contributed by atoms with van der Waals surface area (Å²) >= 11 is 4.47. The maximum Gasteiger partial charge on any atom is 0.305 e. The first-order valence-electron chi connectivity index (χ1n) is 6.14. The number of rotatable bonds is 11. The first-order valence-corrected chi connectivity index (χ1v) is 9.19. The van der Waals surface area contributed by atoms with Crippen molar-refractivity contribution in [3.63, 3.8) is 0 Å². The lowest BCUT2D eigenvalue weighted by Gasteiger charge is -2.05. The van der Waals surface area contributed by atoms with Gasteiger partial charge in [-0.05, 0) is 25.7 Å². The highest BCUT2D eigenvalue weighted by molar-refractivity contribution is 14.1. The zero-order chi connectivity index (χ0) is 13.6. The fourth-order valence-corrected chi connectivity index (χ4v) is 1.91. The van der Waals surface area contributed by atoms with Gasteiger partial charge < -0.3 is 9.47 Å². The molecule has 0 bridgehead atoms. The molecule has 0 spiro atoms. The molecule has 106 valence electrons. The minimum atomic E-state index is -0.134. The normalized spacial score (nSPS) is 10.1. The molecular formula is C12H20I2O4. The molecule has 0 radical (unpaired) electrons. The number of hydrogen-bond donors (Lipinski definition) is 0. The van der Waals surface area contributed by atoms with Crippen molar-refractivity contribution in [2.24, 2.45) is 0 Å². The van der Waals surface area contributed by atoms with Crippen molar-refractivity contribution in [3.05, 3.63) is 0 Å². The van der Waals surface area contributed by atoms with Gasteiger partial charge in [-0.15, -0.1) is 0 Å². The van der Waals surface area contributed by atoms with Crippen LogP contribution in [0.5, 0.6) is 0 Å². The number of ether oxygens (including phenoxy) is 2. The van der Waals surface area contributed by atoms with E-state index < -0.39 is 0 Å². The highest BCUT2D eigenvalue weighted by Gasteiger charge is 2.03. The van der Waals surface area contributed by atoms with Gasteiger partial charge in [-0.25, -0.2) is 0 Å². The van der Waals surface area contributed by atoms with Gasteiger partial charge in [0.2, 0.25) is 0 Å². The van der Waals surface area contributed by atoms with E-state index in [-0.39, 0.29) is 11.9 Å². The van der Waals surface area contributed by atoms with Crippen molar-refractivity contribution < 1.29 is 19.1 Å². The second-order valence-corrected chi connectivity index (χ2v) is 5.89. The molecule has 0 unspecified atom stereocenters. The SMILES string of the molecule is O=C(CCCI)OCCCCOC(=O)CCCI. The molecule has 6 heteroatoms. The summed E-state index contributed by atoms with van der Waals surface area (Å²) in [4.78, 5) is 22.3. The molecular weight excluding hydrogens is 462 g/mol. The van der Waals surface area contributed by atoms with E-state index in [2.05, 4.69) is 45.2 Å². The number of unbranched alkanes of at least 4 members (excludes halogenated alkanes) is 1. The second-order valence-electron chi connectivity index (χ2n) is 3.73. The summed E-state index contributed by atoms with van der Waals surface area (Å²) in [5.74, 6) is -0.267. The third-order valence-corrected chi connectivity index (χ3v) is 3.62. The van der Waals surface area contributed by atoms with E-state index in [9.17, 15) is 9.59 Å². The molecule has 18 heavy (non-hydrogen) atoms. The van der Waals surface area contributed by atoms with Gasteiger partial charge in [0.15, 0.2) is 0 Å². The molecule has 0 fully saturated rings. The number of alkyl halides is 2. The lowest BCUT2D eigenvalue weighted by atomic mass is 10.3. The molecule has 4 nitrogen and oxygen atoms in total. The Bertz CT molecular complexity index is 210. The average Bonchev–Trinajstić information content (AvgIpc) is 2.37. The molecule has 0 aliphatic heterocycles. The van der Waals surface area contributed by atoms with Gasteiger partial charge in [0.25, 0.3) is 0 Å². The van der Waals surface area contributed by atoms with Crippen molar-refractivity contribution in [1.29, 1.82) is 0 Å². The largest absolute Gasteiger partial charge is 0.466 e. The van der Waals surface area contributed by atoms with Crippen LogP contribution in [0.25, 0.3) is 0 Å². The van der Waals surface area contributed by atoms with Crippen molar-refractivity contribution in [2.45, 2.75) is 38.5 Å². The van der Waals surface area contributed by atoms with E-state index in [1.54, 1.807) is 0 Å². The quantitative estimate of drug-likeness (QED) is 0.197. The average molecular weight is 482 g/mol. The van der Waals surface area contributed by atoms with E-state index in [0.717, 1.165) is 34.5 Å². The highest BCUT2D eigenvalue weighted by atomic mass is 127. The summed E-state index contributed by atoms with van der Waals surface area (Å²) in [7, 11) is 0. The van der Waals surface area contributed by atoms with Crippen LogP contribution >= 0.6 is 45.2 Å². The summed E-state index contributed by atoms with van der Waals surface area (Å²) in [5, 5.41) is 0. The Hall–Kier alpha value is 0.400. The Morgan fingerprint density at radius 3 is 1.44 bits per heavy atom. The maximum atomic E-state index is 11.1. The lowest BCUT2D eigenvalue weighted by Crippen LogP contribution is -2.08. The van der Waals surface area contributed by atoms with Crippen LogP contribution in [0, 0.1) is 0 Å². The van der Waals surface area contributed by atoms with Crippen LogP contribution in [0.15, 0.2) is 0 Å². The number of esters is 2. The molecule has 0 atom stereocenters. The fourth-order valence-electron chi connectivity index (χ4n) is 1.14. The van der Waals surface area contributed by atoms with Gasteiger partial charge in [0, 0.05) is 21.7 Å². The summed E-state index contributed by atoms with van der Waals surface area (Å²) < 4.78 is 12.0.